The maximum Gasteiger partial charge on any atom is 0.123 e. The molecule has 0 saturated heterocycles. The van der Waals surface area contributed by atoms with Crippen LogP contribution in [0.4, 0.5) is 0 Å². The Morgan fingerprint density at radius 2 is 0.691 bits per heavy atom. The molecule has 0 aliphatic heterocycles. The first-order chi connectivity index (χ1) is 32.3. The number of hydrogen-bond donors (Lipinski definition) is 2. The van der Waals surface area contributed by atoms with E-state index in [9.17, 15) is 10.2 Å². The average Bonchev–Trinajstić information content (AvgIpc) is 3.93. The zero-order valence-corrected chi connectivity index (χ0v) is 41.5. The largest absolute Gasteiger partial charge is 0.507 e. The third kappa shape index (κ3) is 6.43. The van der Waals surface area contributed by atoms with Gasteiger partial charge in [0.2, 0.25) is 0 Å². The topological polar surface area (TPSA) is 40.5 Å². The minimum Gasteiger partial charge on any atom is -0.507 e. The van der Waals surface area contributed by atoms with E-state index in [-0.39, 0.29) is 32.5 Å². The molecule has 2 nitrogen and oxygen atoms in total. The number of rotatable bonds is 2. The van der Waals surface area contributed by atoms with Crippen molar-refractivity contribution in [2.75, 3.05) is 0 Å². The van der Waals surface area contributed by atoms with Crippen LogP contribution in [-0.4, -0.2) is 10.2 Å². The number of hydrogen-bond acceptors (Lipinski definition) is 2. The number of benzene rings is 8. The van der Waals surface area contributed by atoms with Crippen LogP contribution < -0.4 is 0 Å². The molecule has 2 spiro atoms. The van der Waals surface area contributed by atoms with Gasteiger partial charge in [-0.1, -0.05) is 215 Å². The van der Waals surface area contributed by atoms with Gasteiger partial charge in [-0.05, 0) is 148 Å². The fourth-order valence-corrected chi connectivity index (χ4v) is 13.1. The SMILES string of the molecule is CC(C)(C)c1ccc2c(c1)C1(c3ccccc3-2)c2ccccc2-c2ccc(C(C)(C)C)cc21.CC1(C)CC2(CC(C)(C)c3cc(-c4ccccc4)c(O)cc32)c2cc(O)c(-c3ccccc3)cc21. The van der Waals surface area contributed by atoms with Gasteiger partial charge in [0.25, 0.3) is 0 Å². The van der Waals surface area contributed by atoms with Crippen LogP contribution in [-0.2, 0) is 32.5 Å². The molecular formula is C66H64O2. The van der Waals surface area contributed by atoms with Gasteiger partial charge >= 0.3 is 0 Å². The molecule has 12 rings (SSSR count). The molecule has 2 N–H and O–H groups in total. The van der Waals surface area contributed by atoms with E-state index >= 15 is 0 Å². The fourth-order valence-electron chi connectivity index (χ4n) is 13.1. The van der Waals surface area contributed by atoms with E-state index in [1.54, 1.807) is 0 Å². The zero-order valence-electron chi connectivity index (χ0n) is 41.5. The Kier molecular flexibility index (Phi) is 9.64. The molecule has 0 saturated carbocycles. The lowest BCUT2D eigenvalue weighted by molar-refractivity contribution is 0.348. The van der Waals surface area contributed by atoms with Gasteiger partial charge in [-0.25, -0.2) is 0 Å². The van der Waals surface area contributed by atoms with Crippen molar-refractivity contribution in [1.82, 2.24) is 0 Å². The summed E-state index contributed by atoms with van der Waals surface area (Å²) in [5.41, 5.74) is 22.4. The van der Waals surface area contributed by atoms with Crippen molar-refractivity contribution in [3.8, 4) is 56.0 Å². The van der Waals surface area contributed by atoms with Gasteiger partial charge in [0.05, 0.1) is 5.41 Å². The Morgan fingerprint density at radius 3 is 1.07 bits per heavy atom. The molecule has 0 bridgehead atoms. The molecule has 4 aliphatic carbocycles. The van der Waals surface area contributed by atoms with Crippen LogP contribution in [0.5, 0.6) is 11.5 Å². The zero-order chi connectivity index (χ0) is 47.8. The highest BCUT2D eigenvalue weighted by atomic mass is 16.3. The van der Waals surface area contributed by atoms with Crippen LogP contribution in [0.1, 0.15) is 138 Å². The average molecular weight is 889 g/mol. The molecule has 0 amide bonds. The van der Waals surface area contributed by atoms with E-state index in [2.05, 4.69) is 191 Å². The highest BCUT2D eigenvalue weighted by molar-refractivity contribution is 5.95. The molecule has 0 radical (unpaired) electrons. The minimum atomic E-state index is -0.264. The highest BCUT2D eigenvalue weighted by Gasteiger charge is 2.57. The third-order valence-corrected chi connectivity index (χ3v) is 16.2. The Morgan fingerprint density at radius 1 is 0.338 bits per heavy atom. The van der Waals surface area contributed by atoms with Crippen molar-refractivity contribution in [2.45, 2.75) is 115 Å². The molecule has 8 aromatic carbocycles. The predicted molar refractivity (Wildman–Crippen MR) is 283 cm³/mol. The lowest BCUT2D eigenvalue weighted by Gasteiger charge is -2.32. The molecule has 4 aliphatic rings. The summed E-state index contributed by atoms with van der Waals surface area (Å²) in [6, 6.07) is 61.3. The second-order valence-electron chi connectivity index (χ2n) is 23.6. The van der Waals surface area contributed by atoms with Gasteiger partial charge in [-0.3, -0.25) is 0 Å². The molecular weight excluding hydrogens is 825 g/mol. The summed E-state index contributed by atoms with van der Waals surface area (Å²) < 4.78 is 0. The van der Waals surface area contributed by atoms with Crippen LogP contribution in [0.2, 0.25) is 0 Å². The van der Waals surface area contributed by atoms with Crippen molar-refractivity contribution in [1.29, 1.82) is 0 Å². The second kappa shape index (κ2) is 14.9. The van der Waals surface area contributed by atoms with Crippen molar-refractivity contribution in [2.24, 2.45) is 0 Å². The second-order valence-corrected chi connectivity index (χ2v) is 23.6. The van der Waals surface area contributed by atoms with Gasteiger partial charge < -0.3 is 10.2 Å². The summed E-state index contributed by atoms with van der Waals surface area (Å²) in [5.74, 6) is 0.645. The third-order valence-electron chi connectivity index (χ3n) is 16.2. The summed E-state index contributed by atoms with van der Waals surface area (Å²) in [6.07, 6.45) is 1.90. The lowest BCUT2D eigenvalue weighted by atomic mass is 9.69. The van der Waals surface area contributed by atoms with Crippen LogP contribution in [0, 0.1) is 0 Å². The molecule has 0 aromatic heterocycles. The van der Waals surface area contributed by atoms with Gasteiger partial charge in [0.15, 0.2) is 0 Å². The molecule has 0 fully saturated rings. The Balaban J connectivity index is 0.000000149. The van der Waals surface area contributed by atoms with Gasteiger partial charge in [-0.2, -0.15) is 0 Å². The molecule has 68 heavy (non-hydrogen) atoms. The minimum absolute atomic E-state index is 0.0576. The summed E-state index contributed by atoms with van der Waals surface area (Å²) in [6.45, 7) is 23.2. The number of fused-ring (bicyclic) bond motifs is 14. The van der Waals surface area contributed by atoms with Crippen molar-refractivity contribution in [3.05, 3.63) is 225 Å². The summed E-state index contributed by atoms with van der Waals surface area (Å²) >= 11 is 0. The predicted octanol–water partition coefficient (Wildman–Crippen LogP) is 16.7. The summed E-state index contributed by atoms with van der Waals surface area (Å²) in [4.78, 5) is 0. The number of phenolic OH excluding ortho intramolecular Hbond substituents is 2. The fraction of sp³-hybridized carbons (Fsp3) is 0.273. The lowest BCUT2D eigenvalue weighted by Crippen LogP contribution is -2.27. The van der Waals surface area contributed by atoms with Crippen molar-refractivity contribution in [3.63, 3.8) is 0 Å². The van der Waals surface area contributed by atoms with Gasteiger partial charge in [0.1, 0.15) is 11.5 Å². The summed E-state index contributed by atoms with van der Waals surface area (Å²) in [5, 5.41) is 22.4. The first-order valence-electron chi connectivity index (χ1n) is 24.6. The van der Waals surface area contributed by atoms with Crippen LogP contribution in [0.3, 0.4) is 0 Å². The standard InChI is InChI=1S/C33H32O2.C33H32/c1-31(2)19-33(27-17-29(34)23(15-25(27)31)21-11-7-5-8-12-21)20-32(3,4)26-16-24(30(35)18-28(26)33)22-13-9-6-10-14-22;1-31(2,3)21-15-17-25-23-11-7-9-13-27(23)33(29(25)19-21)28-14-10-8-12-24(28)26-18-16-22(20-30(26)33)32(4,5)6/h5-18,34-35H,19-20H2,1-4H3;7-20H,1-6H3. The molecule has 340 valence electrons. The Bertz CT molecular complexity index is 3090. The van der Waals surface area contributed by atoms with Crippen molar-refractivity contribution < 1.29 is 10.2 Å². The molecule has 0 atom stereocenters. The van der Waals surface area contributed by atoms with E-state index in [0.717, 1.165) is 35.1 Å². The van der Waals surface area contributed by atoms with Crippen LogP contribution >= 0.6 is 0 Å². The Hall–Kier alpha value is -6.64. The maximum absolute atomic E-state index is 11.2. The maximum atomic E-state index is 11.2. The molecule has 8 aromatic rings. The van der Waals surface area contributed by atoms with E-state index in [0.29, 0.717) is 11.5 Å². The number of phenols is 2. The Labute approximate surface area is 404 Å². The van der Waals surface area contributed by atoms with Crippen molar-refractivity contribution >= 4 is 0 Å². The first-order valence-corrected chi connectivity index (χ1v) is 24.6. The van der Waals surface area contributed by atoms with Gasteiger partial charge in [0, 0.05) is 16.5 Å². The van der Waals surface area contributed by atoms with E-state index in [1.165, 1.54) is 77.9 Å². The van der Waals surface area contributed by atoms with E-state index in [1.807, 2.05) is 48.5 Å². The summed E-state index contributed by atoms with van der Waals surface area (Å²) in [7, 11) is 0. The molecule has 0 unspecified atom stereocenters. The van der Waals surface area contributed by atoms with Crippen LogP contribution in [0.25, 0.3) is 44.5 Å². The monoisotopic (exact) mass is 888 g/mol. The molecule has 2 heteroatoms. The van der Waals surface area contributed by atoms with E-state index in [4.69, 9.17) is 0 Å². The normalized spacial score (nSPS) is 16.9. The van der Waals surface area contributed by atoms with Gasteiger partial charge in [-0.15, -0.1) is 0 Å². The number of aromatic hydroxyl groups is 2. The van der Waals surface area contributed by atoms with E-state index < -0.39 is 0 Å². The smallest absolute Gasteiger partial charge is 0.123 e. The first kappa shape index (κ1) is 43.9. The quantitative estimate of drug-likeness (QED) is 0.182. The van der Waals surface area contributed by atoms with Crippen LogP contribution in [0.15, 0.2) is 170 Å². The highest BCUT2D eigenvalue weighted by Crippen LogP contribution is 2.66. The molecule has 0 heterocycles.